The molecule has 1 unspecified atom stereocenters. The van der Waals surface area contributed by atoms with Crippen molar-refractivity contribution >= 4 is 13.0 Å². The number of carbonyl (C=O) groups is 1. The zero-order valence-corrected chi connectivity index (χ0v) is 11.4. The summed E-state index contributed by atoms with van der Waals surface area (Å²) in [7, 11) is 4.68. The van der Waals surface area contributed by atoms with Crippen LogP contribution in [0.3, 0.4) is 0 Å². The van der Waals surface area contributed by atoms with Crippen molar-refractivity contribution in [3.63, 3.8) is 0 Å². The lowest BCUT2D eigenvalue weighted by Crippen LogP contribution is -2.47. The first-order chi connectivity index (χ1) is 6.66. The highest BCUT2D eigenvalue weighted by Crippen LogP contribution is 2.23. The summed E-state index contributed by atoms with van der Waals surface area (Å²) in [6, 6.07) is 0.0382. The SMILES string of the molecule is CC(C)CBC(=O)C(N(C)C)C(C)(C)C. The summed E-state index contributed by atoms with van der Waals surface area (Å²) >= 11 is 0. The average molecular weight is 211 g/mol. The summed E-state index contributed by atoms with van der Waals surface area (Å²) in [6.45, 7) is 10.7. The Kier molecular flexibility index (Phi) is 5.57. The molecule has 0 amide bonds. The molecule has 1 atom stereocenters. The Balaban J connectivity index is 4.45. The van der Waals surface area contributed by atoms with Gasteiger partial charge in [0, 0.05) is 0 Å². The van der Waals surface area contributed by atoms with Gasteiger partial charge in [0.25, 0.3) is 0 Å². The van der Waals surface area contributed by atoms with Crippen LogP contribution in [0.1, 0.15) is 34.6 Å². The first-order valence-corrected chi connectivity index (χ1v) is 5.85. The van der Waals surface area contributed by atoms with E-state index in [2.05, 4.69) is 34.6 Å². The highest BCUT2D eigenvalue weighted by atomic mass is 16.1. The van der Waals surface area contributed by atoms with Crippen LogP contribution in [-0.4, -0.2) is 38.0 Å². The molecular weight excluding hydrogens is 185 g/mol. The van der Waals surface area contributed by atoms with Crippen LogP contribution < -0.4 is 0 Å². The predicted molar refractivity (Wildman–Crippen MR) is 68.7 cm³/mol. The Morgan fingerprint density at radius 2 is 1.73 bits per heavy atom. The summed E-state index contributed by atoms with van der Waals surface area (Å²) in [5, 5.41) is 0. The Hall–Kier alpha value is -0.305. The Morgan fingerprint density at radius 3 is 2.00 bits per heavy atom. The van der Waals surface area contributed by atoms with Gasteiger partial charge >= 0.3 is 0 Å². The molecule has 0 aromatic rings. The second-order valence-corrected chi connectivity index (χ2v) is 6.13. The number of likely N-dealkylation sites (N-methyl/N-ethyl adjacent to an activating group) is 1. The molecule has 0 rings (SSSR count). The van der Waals surface area contributed by atoms with Gasteiger partial charge in [0.05, 0.1) is 6.04 Å². The second kappa shape index (κ2) is 5.69. The van der Waals surface area contributed by atoms with Crippen LogP contribution in [0.25, 0.3) is 0 Å². The maximum atomic E-state index is 12.1. The van der Waals surface area contributed by atoms with Gasteiger partial charge in [-0.05, 0) is 19.5 Å². The van der Waals surface area contributed by atoms with E-state index in [0.717, 1.165) is 6.32 Å². The Morgan fingerprint density at radius 1 is 1.27 bits per heavy atom. The summed E-state index contributed by atoms with van der Waals surface area (Å²) < 4.78 is 0. The standard InChI is InChI=1S/C12H26BNO/c1-9(2)8-13-11(15)10(14(6)7)12(3,4)5/h9-10,13H,8H2,1-7H3. The third kappa shape index (κ3) is 5.36. The van der Waals surface area contributed by atoms with Gasteiger partial charge in [-0.15, -0.1) is 0 Å². The van der Waals surface area contributed by atoms with Crippen LogP contribution >= 0.6 is 0 Å². The van der Waals surface area contributed by atoms with Crippen molar-refractivity contribution < 1.29 is 4.79 Å². The largest absolute Gasteiger partial charge is 0.310 e. The molecule has 0 spiro atoms. The molecule has 15 heavy (non-hydrogen) atoms. The molecule has 2 nitrogen and oxygen atoms in total. The molecule has 0 N–H and O–H groups in total. The van der Waals surface area contributed by atoms with Crippen molar-refractivity contribution in [2.75, 3.05) is 14.1 Å². The molecule has 0 saturated carbocycles. The highest BCUT2D eigenvalue weighted by molar-refractivity contribution is 6.75. The van der Waals surface area contributed by atoms with Crippen LogP contribution in [0.4, 0.5) is 0 Å². The van der Waals surface area contributed by atoms with Crippen LogP contribution in [0, 0.1) is 11.3 Å². The fraction of sp³-hybridized carbons (Fsp3) is 0.917. The Bertz CT molecular complexity index is 206. The van der Waals surface area contributed by atoms with Crippen molar-refractivity contribution in [2.45, 2.75) is 47.0 Å². The number of hydrogen-bond acceptors (Lipinski definition) is 2. The fourth-order valence-corrected chi connectivity index (χ4v) is 2.11. The molecule has 3 heteroatoms. The third-order valence-electron chi connectivity index (χ3n) is 2.61. The molecule has 0 saturated heterocycles. The van der Waals surface area contributed by atoms with E-state index in [0.29, 0.717) is 18.9 Å². The smallest absolute Gasteiger partial charge is 0.207 e. The van der Waals surface area contributed by atoms with E-state index in [4.69, 9.17) is 0 Å². The summed E-state index contributed by atoms with van der Waals surface area (Å²) in [5.41, 5.74) is 0.401. The normalized spacial score (nSPS) is 14.5. The molecule has 0 aromatic heterocycles. The lowest BCUT2D eigenvalue weighted by Gasteiger charge is -2.35. The molecule has 0 aliphatic heterocycles. The number of hydrogen-bond donors (Lipinski definition) is 0. The summed E-state index contributed by atoms with van der Waals surface area (Å²) in [5.74, 6) is 0.608. The number of nitrogens with zero attached hydrogens (tertiary/aromatic N) is 1. The average Bonchev–Trinajstić information content (AvgIpc) is 1.96. The van der Waals surface area contributed by atoms with Crippen molar-refractivity contribution in [1.29, 1.82) is 0 Å². The maximum Gasteiger partial charge on any atom is 0.207 e. The summed E-state index contributed by atoms with van der Waals surface area (Å²) in [4.78, 5) is 14.1. The zero-order valence-electron chi connectivity index (χ0n) is 11.4. The second-order valence-electron chi connectivity index (χ2n) is 6.13. The topological polar surface area (TPSA) is 20.3 Å². The minimum Gasteiger partial charge on any atom is -0.310 e. The number of carbonyl (C=O) groups excluding carboxylic acids is 1. The van der Waals surface area contributed by atoms with Crippen molar-refractivity contribution in [2.24, 2.45) is 11.3 Å². The molecule has 88 valence electrons. The molecule has 0 fully saturated rings. The minimum atomic E-state index is 0.0254. The number of rotatable bonds is 5. The van der Waals surface area contributed by atoms with Gasteiger partial charge in [-0.1, -0.05) is 46.9 Å². The lowest BCUT2D eigenvalue weighted by atomic mass is 9.60. The van der Waals surface area contributed by atoms with E-state index in [1.165, 1.54) is 0 Å². The highest BCUT2D eigenvalue weighted by Gasteiger charge is 2.32. The van der Waals surface area contributed by atoms with Gasteiger partial charge in [0.2, 0.25) is 7.28 Å². The van der Waals surface area contributed by atoms with Crippen LogP contribution in [0.5, 0.6) is 0 Å². The van der Waals surface area contributed by atoms with Gasteiger partial charge < -0.3 is 9.69 Å². The zero-order chi connectivity index (χ0) is 12.2. The lowest BCUT2D eigenvalue weighted by molar-refractivity contribution is -0.119. The molecule has 0 heterocycles. The Labute approximate surface area is 95.7 Å². The van der Waals surface area contributed by atoms with Crippen molar-refractivity contribution in [3.8, 4) is 0 Å². The quantitative estimate of drug-likeness (QED) is 0.648. The van der Waals surface area contributed by atoms with Crippen LogP contribution in [-0.2, 0) is 4.79 Å². The van der Waals surface area contributed by atoms with Gasteiger partial charge in [-0.2, -0.15) is 0 Å². The van der Waals surface area contributed by atoms with Crippen molar-refractivity contribution in [1.82, 2.24) is 4.90 Å². The molecule has 0 radical (unpaired) electrons. The van der Waals surface area contributed by atoms with E-state index in [9.17, 15) is 4.79 Å². The maximum absolute atomic E-state index is 12.1. The van der Waals surface area contributed by atoms with Gasteiger partial charge in [0.1, 0.15) is 5.68 Å². The fourth-order valence-electron chi connectivity index (χ4n) is 2.11. The molecular formula is C12H26BNO. The van der Waals surface area contributed by atoms with Crippen molar-refractivity contribution in [3.05, 3.63) is 0 Å². The molecule has 0 aliphatic rings. The monoisotopic (exact) mass is 211 g/mol. The van der Waals surface area contributed by atoms with Gasteiger partial charge in [-0.25, -0.2) is 0 Å². The van der Waals surface area contributed by atoms with E-state index < -0.39 is 0 Å². The third-order valence-corrected chi connectivity index (χ3v) is 2.61. The van der Waals surface area contributed by atoms with Crippen LogP contribution in [0.2, 0.25) is 6.32 Å². The van der Waals surface area contributed by atoms with E-state index in [1.54, 1.807) is 0 Å². The van der Waals surface area contributed by atoms with Crippen LogP contribution in [0.15, 0.2) is 0 Å². The predicted octanol–water partition coefficient (Wildman–Crippen LogP) is 2.00. The van der Waals surface area contributed by atoms with E-state index in [1.807, 2.05) is 19.0 Å². The first-order valence-electron chi connectivity index (χ1n) is 5.85. The van der Waals surface area contributed by atoms with E-state index in [-0.39, 0.29) is 11.5 Å². The molecule has 0 bridgehead atoms. The van der Waals surface area contributed by atoms with Gasteiger partial charge in [0.15, 0.2) is 0 Å². The molecule has 0 aromatic carbocycles. The van der Waals surface area contributed by atoms with E-state index >= 15 is 0 Å². The first kappa shape index (κ1) is 14.7. The summed E-state index contributed by atoms with van der Waals surface area (Å²) in [6.07, 6.45) is 0.999. The molecule has 0 aliphatic carbocycles. The van der Waals surface area contributed by atoms with Gasteiger partial charge in [-0.3, -0.25) is 0 Å². The minimum absolute atomic E-state index is 0.0254.